The highest BCUT2D eigenvalue weighted by molar-refractivity contribution is 6.74. The van der Waals surface area contributed by atoms with Gasteiger partial charge in [-0.1, -0.05) is 52.7 Å². The van der Waals surface area contributed by atoms with E-state index in [1.54, 1.807) is 12.7 Å². The lowest BCUT2D eigenvalue weighted by molar-refractivity contribution is -0.0772. The maximum absolute atomic E-state index is 9.02. The minimum Gasteiger partial charge on any atom is -0.497 e. The predicted molar refractivity (Wildman–Crippen MR) is 156 cm³/mol. The van der Waals surface area contributed by atoms with Gasteiger partial charge in [-0.2, -0.15) is 5.26 Å². The van der Waals surface area contributed by atoms with E-state index in [1.807, 2.05) is 0 Å². The van der Waals surface area contributed by atoms with E-state index in [9.17, 15) is 0 Å². The molecule has 0 spiro atoms. The van der Waals surface area contributed by atoms with Crippen molar-refractivity contribution in [3.8, 4) is 11.8 Å². The molecule has 2 saturated carbocycles. The van der Waals surface area contributed by atoms with Gasteiger partial charge in [-0.15, -0.1) is 6.58 Å². The summed E-state index contributed by atoms with van der Waals surface area (Å²) in [7, 11) is -0.0987. The zero-order chi connectivity index (χ0) is 27.1. The fraction of sp³-hybridized carbons (Fsp3) is 0.727. The fourth-order valence-corrected chi connectivity index (χ4v) is 9.76. The summed E-state index contributed by atoms with van der Waals surface area (Å²) in [5.41, 5.74) is 3.33. The predicted octanol–water partition coefficient (Wildman–Crippen LogP) is 9.20. The van der Waals surface area contributed by atoms with Crippen molar-refractivity contribution in [2.45, 2.75) is 122 Å². The fourth-order valence-electron chi connectivity index (χ4n) is 8.30. The molecule has 0 aromatic heterocycles. The third-order valence-corrected chi connectivity index (χ3v) is 15.6. The number of nitrogens with zero attached hydrogens (tertiary/aromatic N) is 1. The third kappa shape index (κ3) is 4.96. The summed E-state index contributed by atoms with van der Waals surface area (Å²) in [6.45, 7) is 19.1. The van der Waals surface area contributed by atoms with E-state index in [4.69, 9.17) is 14.4 Å². The van der Waals surface area contributed by atoms with Crippen molar-refractivity contribution in [1.29, 1.82) is 5.26 Å². The Kier molecular flexibility index (Phi) is 8.10. The second-order valence-electron chi connectivity index (χ2n) is 14.1. The van der Waals surface area contributed by atoms with Gasteiger partial charge in [0.15, 0.2) is 8.32 Å². The van der Waals surface area contributed by atoms with E-state index in [0.29, 0.717) is 30.3 Å². The molecule has 3 aliphatic carbocycles. The van der Waals surface area contributed by atoms with Gasteiger partial charge in [-0.25, -0.2) is 0 Å². The number of unbranched alkanes of at least 4 members (excludes halogenated alkanes) is 3. The highest BCUT2D eigenvalue weighted by atomic mass is 28.4. The molecule has 3 aliphatic rings. The van der Waals surface area contributed by atoms with E-state index in [0.717, 1.165) is 25.0 Å². The minimum absolute atomic E-state index is 0.122. The molecule has 0 saturated heterocycles. The van der Waals surface area contributed by atoms with Crippen molar-refractivity contribution < 1.29 is 9.16 Å². The molecule has 3 unspecified atom stereocenters. The van der Waals surface area contributed by atoms with Crippen LogP contribution in [-0.2, 0) is 10.8 Å². The molecule has 0 aliphatic heterocycles. The Morgan fingerprint density at radius 1 is 1.19 bits per heavy atom. The zero-order valence-electron chi connectivity index (χ0n) is 24.7. The molecule has 37 heavy (non-hydrogen) atoms. The number of methoxy groups -OCH3 is 1. The third-order valence-electron chi connectivity index (χ3n) is 11.1. The summed E-state index contributed by atoms with van der Waals surface area (Å²) in [5, 5.41) is 9.24. The van der Waals surface area contributed by atoms with Gasteiger partial charge >= 0.3 is 0 Å². The normalized spacial score (nSPS) is 33.1. The smallest absolute Gasteiger partial charge is 0.192 e. The lowest BCUT2D eigenvalue weighted by Gasteiger charge is -2.61. The molecule has 2 fully saturated rings. The van der Waals surface area contributed by atoms with Gasteiger partial charge in [0.25, 0.3) is 0 Å². The molecular formula is C33H51NO2Si. The molecule has 1 aromatic carbocycles. The van der Waals surface area contributed by atoms with Crippen LogP contribution in [0.3, 0.4) is 0 Å². The van der Waals surface area contributed by atoms with E-state index in [1.165, 1.54) is 44.1 Å². The van der Waals surface area contributed by atoms with Crippen molar-refractivity contribution in [3.05, 3.63) is 42.0 Å². The molecule has 3 nitrogen and oxygen atoms in total. The standard InChI is InChI=1S/C33H51NO2Si/c1-9-33-20-19-24-22-26(35-6)15-16-27(24)30(33)25(14-12-10-11-13-21-34)23-32(5)28(33)17-18-29(32)36-37(7,8)31(2,3)4/h9,15-16,22,25,28-30H,1,10-14,17-20,23H2,2-8H3/t25-,28?,29-,30?,32-,33?/m0/s1. The van der Waals surface area contributed by atoms with Gasteiger partial charge in [0.05, 0.1) is 19.3 Å². The van der Waals surface area contributed by atoms with E-state index >= 15 is 0 Å². The summed E-state index contributed by atoms with van der Waals surface area (Å²) in [6.07, 6.45) is 14.0. The number of hydrogen-bond acceptors (Lipinski definition) is 3. The van der Waals surface area contributed by atoms with Crippen LogP contribution in [0, 0.1) is 34.0 Å². The minimum atomic E-state index is -1.87. The molecule has 0 bridgehead atoms. The van der Waals surface area contributed by atoms with Crippen molar-refractivity contribution in [2.75, 3.05) is 7.11 Å². The van der Waals surface area contributed by atoms with Crippen LogP contribution >= 0.6 is 0 Å². The van der Waals surface area contributed by atoms with Crippen LogP contribution in [0.4, 0.5) is 0 Å². The lowest BCUT2D eigenvalue weighted by Crippen LogP contribution is -2.56. The van der Waals surface area contributed by atoms with E-state index in [-0.39, 0.29) is 15.9 Å². The molecular weight excluding hydrogens is 470 g/mol. The Morgan fingerprint density at radius 2 is 1.95 bits per heavy atom. The molecule has 0 N–H and O–H groups in total. The summed E-state index contributed by atoms with van der Waals surface area (Å²) >= 11 is 0. The second kappa shape index (κ2) is 10.5. The molecule has 1 aromatic rings. The van der Waals surface area contributed by atoms with Crippen molar-refractivity contribution in [1.82, 2.24) is 0 Å². The molecule has 0 radical (unpaired) electrons. The first-order valence-electron chi connectivity index (χ1n) is 14.8. The molecule has 204 valence electrons. The van der Waals surface area contributed by atoms with Gasteiger partial charge < -0.3 is 9.16 Å². The summed E-state index contributed by atoms with van der Waals surface area (Å²) < 4.78 is 12.9. The molecule has 0 amide bonds. The van der Waals surface area contributed by atoms with Crippen molar-refractivity contribution in [3.63, 3.8) is 0 Å². The van der Waals surface area contributed by atoms with Crippen LogP contribution in [0.5, 0.6) is 5.75 Å². The van der Waals surface area contributed by atoms with Crippen LogP contribution in [0.25, 0.3) is 0 Å². The van der Waals surface area contributed by atoms with Gasteiger partial charge in [-0.3, -0.25) is 0 Å². The highest BCUT2D eigenvalue weighted by Gasteiger charge is 2.64. The van der Waals surface area contributed by atoms with Crippen molar-refractivity contribution in [2.24, 2.45) is 22.7 Å². The summed E-state index contributed by atoms with van der Waals surface area (Å²) in [5.74, 6) is 2.71. The topological polar surface area (TPSA) is 42.2 Å². The summed E-state index contributed by atoms with van der Waals surface area (Å²) in [4.78, 5) is 0. The first-order valence-corrected chi connectivity index (χ1v) is 17.7. The number of ether oxygens (including phenoxy) is 1. The maximum Gasteiger partial charge on any atom is 0.192 e. The number of benzene rings is 1. The molecule has 4 heteroatoms. The van der Waals surface area contributed by atoms with Crippen LogP contribution in [0.1, 0.15) is 103 Å². The Morgan fingerprint density at radius 3 is 2.59 bits per heavy atom. The summed E-state index contributed by atoms with van der Waals surface area (Å²) in [6, 6.07) is 9.17. The molecule has 6 atom stereocenters. The van der Waals surface area contributed by atoms with Gasteiger partial charge in [0.1, 0.15) is 5.75 Å². The van der Waals surface area contributed by atoms with Crippen LogP contribution in [0.2, 0.25) is 18.1 Å². The number of hydrogen-bond donors (Lipinski definition) is 0. The number of nitriles is 1. The average Bonchev–Trinajstić information content (AvgIpc) is 3.17. The zero-order valence-corrected chi connectivity index (χ0v) is 25.7. The van der Waals surface area contributed by atoms with E-state index in [2.05, 4.69) is 77.7 Å². The first kappa shape index (κ1) is 28.4. The Hall–Kier alpha value is -1.57. The number of allylic oxidation sites excluding steroid dienone is 1. The number of rotatable bonds is 9. The quantitative estimate of drug-likeness (QED) is 0.185. The number of aryl methyl sites for hydroxylation is 1. The van der Waals surface area contributed by atoms with Crippen LogP contribution in [-0.4, -0.2) is 21.5 Å². The van der Waals surface area contributed by atoms with E-state index < -0.39 is 8.32 Å². The second-order valence-corrected chi connectivity index (χ2v) is 18.8. The Labute approximate surface area is 228 Å². The van der Waals surface area contributed by atoms with Crippen LogP contribution < -0.4 is 4.74 Å². The van der Waals surface area contributed by atoms with Crippen LogP contribution in [0.15, 0.2) is 30.9 Å². The molecule has 0 heterocycles. The van der Waals surface area contributed by atoms with Gasteiger partial charge in [0, 0.05) is 6.42 Å². The highest BCUT2D eigenvalue weighted by Crippen LogP contribution is 2.70. The van der Waals surface area contributed by atoms with Gasteiger partial charge in [-0.05, 0) is 115 Å². The maximum atomic E-state index is 9.02. The number of fused-ring (bicyclic) bond motifs is 5. The largest absolute Gasteiger partial charge is 0.497 e. The average molecular weight is 522 g/mol. The Balaban J connectivity index is 1.73. The molecule has 4 rings (SSSR count). The SMILES string of the molecule is C=CC12CCc3cc(OC)ccc3C1[C@@H](CCCCCC#N)C[C@@]1(C)C2CC[C@@H]1O[Si](C)(C)C(C)(C)C. The lowest BCUT2D eigenvalue weighted by atomic mass is 9.44. The Bertz CT molecular complexity index is 1020. The van der Waals surface area contributed by atoms with Crippen molar-refractivity contribution >= 4 is 8.32 Å². The first-order chi connectivity index (χ1) is 17.4. The van der Waals surface area contributed by atoms with Gasteiger partial charge in [0.2, 0.25) is 0 Å². The monoisotopic (exact) mass is 521 g/mol.